The lowest BCUT2D eigenvalue weighted by Gasteiger charge is -2.11. The number of hydrogen-bond donors (Lipinski definition) is 1. The molecule has 0 aliphatic carbocycles. The summed E-state index contributed by atoms with van der Waals surface area (Å²) in [4.78, 5) is 0. The number of aliphatic hydroxyl groups excluding tert-OH is 1. The molecular formula is C17H26O2. The smallest absolute Gasteiger partial charge is 0.181 e. The topological polar surface area (TPSA) is 29.5 Å². The van der Waals surface area contributed by atoms with Gasteiger partial charge in [-0.2, -0.15) is 0 Å². The van der Waals surface area contributed by atoms with Crippen molar-refractivity contribution in [2.75, 3.05) is 6.61 Å². The van der Waals surface area contributed by atoms with Crippen molar-refractivity contribution in [1.82, 2.24) is 0 Å². The van der Waals surface area contributed by atoms with E-state index in [4.69, 9.17) is 4.74 Å². The Kier molecular flexibility index (Phi) is 9.03. The van der Waals surface area contributed by atoms with Crippen molar-refractivity contribution in [3.8, 4) is 0 Å². The van der Waals surface area contributed by atoms with Crippen LogP contribution in [0, 0.1) is 0 Å². The van der Waals surface area contributed by atoms with Crippen molar-refractivity contribution in [1.29, 1.82) is 0 Å². The summed E-state index contributed by atoms with van der Waals surface area (Å²) < 4.78 is 5.42. The number of rotatable bonds is 11. The molecule has 1 rings (SSSR count). The van der Waals surface area contributed by atoms with Crippen LogP contribution in [0.4, 0.5) is 0 Å². The first-order valence-electron chi connectivity index (χ1n) is 7.30. The summed E-state index contributed by atoms with van der Waals surface area (Å²) in [6.07, 6.45) is 9.61. The third-order valence-electron chi connectivity index (χ3n) is 3.16. The van der Waals surface area contributed by atoms with Gasteiger partial charge in [0.15, 0.2) is 6.29 Å². The molecule has 19 heavy (non-hydrogen) atoms. The van der Waals surface area contributed by atoms with Gasteiger partial charge < -0.3 is 9.84 Å². The zero-order chi connectivity index (χ0) is 13.8. The molecule has 0 saturated carbocycles. The molecule has 0 saturated heterocycles. The molecule has 0 heterocycles. The maximum absolute atomic E-state index is 9.79. The van der Waals surface area contributed by atoms with Crippen molar-refractivity contribution < 1.29 is 9.84 Å². The number of aliphatic hydroxyl groups is 1. The predicted molar refractivity (Wildman–Crippen MR) is 79.9 cm³/mol. The molecule has 106 valence electrons. The van der Waals surface area contributed by atoms with Crippen LogP contribution in [0.25, 0.3) is 0 Å². The lowest BCUT2D eigenvalue weighted by atomic mass is 10.1. The third kappa shape index (κ3) is 7.81. The molecule has 0 spiro atoms. The van der Waals surface area contributed by atoms with E-state index in [1.807, 2.05) is 36.4 Å². The van der Waals surface area contributed by atoms with Gasteiger partial charge in [-0.1, -0.05) is 62.1 Å². The largest absolute Gasteiger partial charge is 0.364 e. The Balaban J connectivity index is 1.95. The molecule has 0 amide bonds. The number of hydrogen-bond acceptors (Lipinski definition) is 2. The maximum atomic E-state index is 9.79. The van der Waals surface area contributed by atoms with Crippen LogP contribution in [-0.2, 0) is 4.74 Å². The molecule has 1 N–H and O–H groups in total. The lowest BCUT2D eigenvalue weighted by Crippen LogP contribution is -2.04. The average molecular weight is 262 g/mol. The van der Waals surface area contributed by atoms with Crippen LogP contribution in [0.2, 0.25) is 0 Å². The van der Waals surface area contributed by atoms with Crippen molar-refractivity contribution in [2.45, 2.75) is 51.2 Å². The Morgan fingerprint density at radius 3 is 2.32 bits per heavy atom. The van der Waals surface area contributed by atoms with Crippen LogP contribution < -0.4 is 0 Å². The van der Waals surface area contributed by atoms with E-state index in [2.05, 4.69) is 6.58 Å². The molecule has 2 heteroatoms. The fourth-order valence-electron chi connectivity index (χ4n) is 2.01. The molecule has 1 aromatic carbocycles. The van der Waals surface area contributed by atoms with Crippen molar-refractivity contribution in [2.24, 2.45) is 0 Å². The van der Waals surface area contributed by atoms with E-state index in [-0.39, 0.29) is 0 Å². The first-order valence-corrected chi connectivity index (χ1v) is 7.30. The van der Waals surface area contributed by atoms with Gasteiger partial charge in [-0.15, -0.1) is 6.58 Å². The minimum atomic E-state index is -0.784. The second-order valence-corrected chi connectivity index (χ2v) is 4.83. The van der Waals surface area contributed by atoms with Gasteiger partial charge in [0.1, 0.15) is 0 Å². The lowest BCUT2D eigenvalue weighted by molar-refractivity contribution is -0.103. The first-order chi connectivity index (χ1) is 9.34. The van der Waals surface area contributed by atoms with E-state index >= 15 is 0 Å². The molecule has 0 fully saturated rings. The highest BCUT2D eigenvalue weighted by Crippen LogP contribution is 2.14. The van der Waals surface area contributed by atoms with Gasteiger partial charge in [-0.25, -0.2) is 0 Å². The quantitative estimate of drug-likeness (QED) is 0.358. The number of allylic oxidation sites excluding steroid dienone is 1. The highest BCUT2D eigenvalue weighted by molar-refractivity contribution is 5.15. The van der Waals surface area contributed by atoms with Gasteiger partial charge in [0.2, 0.25) is 0 Å². The standard InChI is InChI=1S/C17H26O2/c1-2-3-4-5-6-7-8-12-15-19-17(18)16-13-10-9-11-14-16/h2,9-11,13-14,17-18H,1,3-8,12,15H2. The maximum Gasteiger partial charge on any atom is 0.181 e. The average Bonchev–Trinajstić information content (AvgIpc) is 2.46. The second kappa shape index (κ2) is 10.8. The van der Waals surface area contributed by atoms with E-state index in [9.17, 15) is 5.11 Å². The van der Waals surface area contributed by atoms with Gasteiger partial charge in [0.05, 0.1) is 6.61 Å². The Morgan fingerprint density at radius 1 is 1.00 bits per heavy atom. The molecule has 0 aliphatic rings. The molecule has 1 unspecified atom stereocenters. The summed E-state index contributed by atoms with van der Waals surface area (Å²) in [6.45, 7) is 4.35. The van der Waals surface area contributed by atoms with Gasteiger partial charge in [0, 0.05) is 5.56 Å². The Hall–Kier alpha value is -1.12. The molecule has 1 atom stereocenters. The van der Waals surface area contributed by atoms with Gasteiger partial charge in [0.25, 0.3) is 0 Å². The van der Waals surface area contributed by atoms with E-state index < -0.39 is 6.29 Å². The number of unbranched alkanes of at least 4 members (excludes halogenated alkanes) is 6. The van der Waals surface area contributed by atoms with Crippen molar-refractivity contribution >= 4 is 0 Å². The fraction of sp³-hybridized carbons (Fsp3) is 0.529. The summed E-state index contributed by atoms with van der Waals surface area (Å²) in [5.41, 5.74) is 0.826. The van der Waals surface area contributed by atoms with Crippen LogP contribution in [-0.4, -0.2) is 11.7 Å². The molecule has 1 aromatic rings. The Labute approximate surface area is 117 Å². The van der Waals surface area contributed by atoms with E-state index in [0.29, 0.717) is 6.61 Å². The van der Waals surface area contributed by atoms with Crippen molar-refractivity contribution in [3.63, 3.8) is 0 Å². The molecule has 0 aromatic heterocycles. The van der Waals surface area contributed by atoms with Crippen LogP contribution in [0.3, 0.4) is 0 Å². The van der Waals surface area contributed by atoms with E-state index in [0.717, 1.165) is 18.4 Å². The van der Waals surface area contributed by atoms with E-state index in [1.165, 1.54) is 32.1 Å². The zero-order valence-corrected chi connectivity index (χ0v) is 11.8. The summed E-state index contributed by atoms with van der Waals surface area (Å²) in [7, 11) is 0. The van der Waals surface area contributed by atoms with Gasteiger partial charge >= 0.3 is 0 Å². The SMILES string of the molecule is C=CCCCCCCCCOC(O)c1ccccc1. The molecular weight excluding hydrogens is 236 g/mol. The minimum absolute atomic E-state index is 0.628. The Bertz CT molecular complexity index is 321. The summed E-state index contributed by atoms with van der Waals surface area (Å²) in [5, 5.41) is 9.79. The highest BCUT2D eigenvalue weighted by Gasteiger charge is 2.05. The fourth-order valence-corrected chi connectivity index (χ4v) is 2.01. The minimum Gasteiger partial charge on any atom is -0.364 e. The number of benzene rings is 1. The normalized spacial score (nSPS) is 12.3. The highest BCUT2D eigenvalue weighted by atomic mass is 16.6. The summed E-state index contributed by atoms with van der Waals surface area (Å²) in [5.74, 6) is 0. The molecule has 2 nitrogen and oxygen atoms in total. The number of ether oxygens (including phenoxy) is 1. The van der Waals surface area contributed by atoms with E-state index in [1.54, 1.807) is 0 Å². The van der Waals surface area contributed by atoms with Gasteiger partial charge in [-0.3, -0.25) is 0 Å². The molecule has 0 bridgehead atoms. The van der Waals surface area contributed by atoms with Crippen LogP contribution in [0.5, 0.6) is 0 Å². The second-order valence-electron chi connectivity index (χ2n) is 4.83. The molecule has 0 aliphatic heterocycles. The molecule has 0 radical (unpaired) electrons. The monoisotopic (exact) mass is 262 g/mol. The predicted octanol–water partition coefficient (Wildman–Crippen LogP) is 4.61. The van der Waals surface area contributed by atoms with Crippen LogP contribution in [0.1, 0.15) is 56.8 Å². The third-order valence-corrected chi connectivity index (χ3v) is 3.16. The van der Waals surface area contributed by atoms with Gasteiger partial charge in [-0.05, 0) is 19.3 Å². The first kappa shape index (κ1) is 15.9. The van der Waals surface area contributed by atoms with Crippen molar-refractivity contribution in [3.05, 3.63) is 48.6 Å². The Morgan fingerprint density at radius 2 is 1.63 bits per heavy atom. The van der Waals surface area contributed by atoms with Crippen LogP contribution in [0.15, 0.2) is 43.0 Å². The summed E-state index contributed by atoms with van der Waals surface area (Å²) in [6, 6.07) is 9.51. The summed E-state index contributed by atoms with van der Waals surface area (Å²) >= 11 is 0. The zero-order valence-electron chi connectivity index (χ0n) is 11.8. The van der Waals surface area contributed by atoms with Crippen LogP contribution >= 0.6 is 0 Å².